The van der Waals surface area contributed by atoms with E-state index >= 15 is 0 Å². The highest BCUT2D eigenvalue weighted by Crippen LogP contribution is 2.24. The lowest BCUT2D eigenvalue weighted by molar-refractivity contribution is -0.131. The van der Waals surface area contributed by atoms with Gasteiger partial charge in [0.1, 0.15) is 5.75 Å². The monoisotopic (exact) mass is 354 g/mol. The largest absolute Gasteiger partial charge is 0.496 e. The second-order valence-corrected chi connectivity index (χ2v) is 6.54. The molecule has 1 aromatic rings. The lowest BCUT2D eigenvalue weighted by Gasteiger charge is -2.25. The van der Waals surface area contributed by atoms with Crippen LogP contribution in [-0.4, -0.2) is 38.1 Å². The number of hydrogen-bond acceptors (Lipinski definition) is 3. The van der Waals surface area contributed by atoms with Crippen LogP contribution in [0.2, 0.25) is 0 Å². The molecule has 5 heteroatoms. The van der Waals surface area contributed by atoms with Gasteiger partial charge in [0, 0.05) is 30.0 Å². The summed E-state index contributed by atoms with van der Waals surface area (Å²) in [5.74, 6) is 1.49. The normalized spacial score (nSPS) is 18.3. The van der Waals surface area contributed by atoms with E-state index in [0.29, 0.717) is 18.9 Å². The molecule has 0 saturated carbocycles. The standard InChI is InChI=1S/C16H23BrN2O2/c1-19(16(20)8-12-4-3-7-18-10-12)11-13-9-14(17)5-6-15(13)21-2/h5-6,9,12,18H,3-4,7-8,10-11H2,1-2H3. The molecule has 1 aromatic carbocycles. The number of nitrogens with zero attached hydrogens (tertiary/aromatic N) is 1. The number of carbonyl (C=O) groups is 1. The second-order valence-electron chi connectivity index (χ2n) is 5.62. The quantitative estimate of drug-likeness (QED) is 0.883. The van der Waals surface area contributed by atoms with Crippen LogP contribution in [0.4, 0.5) is 0 Å². The third-order valence-electron chi connectivity index (χ3n) is 3.94. The van der Waals surface area contributed by atoms with Gasteiger partial charge in [-0.2, -0.15) is 0 Å². The summed E-state index contributed by atoms with van der Waals surface area (Å²) < 4.78 is 6.36. The minimum Gasteiger partial charge on any atom is -0.496 e. The average molecular weight is 355 g/mol. The number of halogens is 1. The number of amides is 1. The first-order valence-corrected chi connectivity index (χ1v) is 8.16. The summed E-state index contributed by atoms with van der Waals surface area (Å²) >= 11 is 3.46. The molecular weight excluding hydrogens is 332 g/mol. The highest BCUT2D eigenvalue weighted by Gasteiger charge is 2.19. The van der Waals surface area contributed by atoms with Crippen LogP contribution in [0, 0.1) is 5.92 Å². The van der Waals surface area contributed by atoms with Gasteiger partial charge in [-0.05, 0) is 50.0 Å². The third kappa shape index (κ3) is 4.71. The Morgan fingerprint density at radius 1 is 1.52 bits per heavy atom. The maximum atomic E-state index is 12.3. The molecule has 1 N–H and O–H groups in total. The fraction of sp³-hybridized carbons (Fsp3) is 0.562. The topological polar surface area (TPSA) is 41.6 Å². The van der Waals surface area contributed by atoms with Crippen LogP contribution >= 0.6 is 15.9 Å². The van der Waals surface area contributed by atoms with Crippen LogP contribution in [0.15, 0.2) is 22.7 Å². The van der Waals surface area contributed by atoms with E-state index in [1.807, 2.05) is 25.2 Å². The molecule has 1 saturated heterocycles. The van der Waals surface area contributed by atoms with Crippen molar-refractivity contribution in [3.8, 4) is 5.75 Å². The van der Waals surface area contributed by atoms with Gasteiger partial charge in [-0.15, -0.1) is 0 Å². The molecule has 4 nitrogen and oxygen atoms in total. The van der Waals surface area contributed by atoms with Crippen LogP contribution in [-0.2, 0) is 11.3 Å². The van der Waals surface area contributed by atoms with Gasteiger partial charge in [-0.1, -0.05) is 15.9 Å². The van der Waals surface area contributed by atoms with Crippen LogP contribution < -0.4 is 10.1 Å². The Kier molecular flexibility index (Phi) is 6.06. The number of ether oxygens (including phenoxy) is 1. The molecule has 1 unspecified atom stereocenters. The maximum absolute atomic E-state index is 12.3. The average Bonchev–Trinajstić information content (AvgIpc) is 2.48. The van der Waals surface area contributed by atoms with E-state index in [1.165, 1.54) is 6.42 Å². The summed E-state index contributed by atoms with van der Waals surface area (Å²) in [6.45, 7) is 2.61. The van der Waals surface area contributed by atoms with E-state index in [-0.39, 0.29) is 5.91 Å². The Morgan fingerprint density at radius 3 is 3.00 bits per heavy atom. The molecular formula is C16H23BrN2O2. The van der Waals surface area contributed by atoms with Crippen molar-refractivity contribution >= 4 is 21.8 Å². The molecule has 21 heavy (non-hydrogen) atoms. The van der Waals surface area contributed by atoms with Crippen LogP contribution in [0.5, 0.6) is 5.75 Å². The van der Waals surface area contributed by atoms with Gasteiger partial charge < -0.3 is 15.0 Å². The Hall–Kier alpha value is -1.07. The number of methoxy groups -OCH3 is 1. The van der Waals surface area contributed by atoms with Crippen LogP contribution in [0.25, 0.3) is 0 Å². The van der Waals surface area contributed by atoms with Crippen molar-refractivity contribution in [1.82, 2.24) is 10.2 Å². The van der Waals surface area contributed by atoms with Crippen molar-refractivity contribution in [1.29, 1.82) is 0 Å². The number of piperidine rings is 1. The highest BCUT2D eigenvalue weighted by molar-refractivity contribution is 9.10. The number of carbonyl (C=O) groups excluding carboxylic acids is 1. The molecule has 2 rings (SSSR count). The minimum absolute atomic E-state index is 0.200. The molecule has 0 spiro atoms. The number of hydrogen-bond donors (Lipinski definition) is 1. The minimum atomic E-state index is 0.200. The van der Waals surface area contributed by atoms with Crippen molar-refractivity contribution < 1.29 is 9.53 Å². The van der Waals surface area contributed by atoms with E-state index in [4.69, 9.17) is 4.74 Å². The van der Waals surface area contributed by atoms with Crippen molar-refractivity contribution in [2.45, 2.75) is 25.8 Å². The van der Waals surface area contributed by atoms with E-state index in [2.05, 4.69) is 21.2 Å². The van der Waals surface area contributed by atoms with E-state index < -0.39 is 0 Å². The Balaban J connectivity index is 1.95. The Bertz CT molecular complexity index is 487. The number of benzene rings is 1. The van der Waals surface area contributed by atoms with Gasteiger partial charge in [0.15, 0.2) is 0 Å². The summed E-state index contributed by atoms with van der Waals surface area (Å²) in [5, 5.41) is 3.36. The molecule has 0 aliphatic carbocycles. The fourth-order valence-electron chi connectivity index (χ4n) is 2.72. The molecule has 0 radical (unpaired) electrons. The molecule has 1 atom stereocenters. The Labute approximate surface area is 135 Å². The van der Waals surface area contributed by atoms with Crippen molar-refractivity contribution in [2.75, 3.05) is 27.2 Å². The lowest BCUT2D eigenvalue weighted by atomic mass is 9.95. The first-order chi connectivity index (χ1) is 10.1. The highest BCUT2D eigenvalue weighted by atomic mass is 79.9. The maximum Gasteiger partial charge on any atom is 0.222 e. The zero-order valence-electron chi connectivity index (χ0n) is 12.7. The molecule has 1 amide bonds. The number of rotatable bonds is 5. The smallest absolute Gasteiger partial charge is 0.222 e. The summed E-state index contributed by atoms with van der Waals surface area (Å²) in [6.07, 6.45) is 2.94. The van der Waals surface area contributed by atoms with Gasteiger partial charge in [-0.3, -0.25) is 4.79 Å². The van der Waals surface area contributed by atoms with Crippen LogP contribution in [0.3, 0.4) is 0 Å². The first-order valence-electron chi connectivity index (χ1n) is 7.37. The molecule has 1 heterocycles. The van der Waals surface area contributed by atoms with Gasteiger partial charge >= 0.3 is 0 Å². The van der Waals surface area contributed by atoms with Crippen molar-refractivity contribution in [3.63, 3.8) is 0 Å². The summed E-state index contributed by atoms with van der Waals surface area (Å²) in [7, 11) is 3.52. The van der Waals surface area contributed by atoms with Gasteiger partial charge in [0.2, 0.25) is 5.91 Å². The molecule has 0 bridgehead atoms. The molecule has 1 aliphatic rings. The lowest BCUT2D eigenvalue weighted by Crippen LogP contribution is -2.34. The zero-order valence-corrected chi connectivity index (χ0v) is 14.3. The SMILES string of the molecule is COc1ccc(Br)cc1CN(C)C(=O)CC1CCCNC1. The van der Waals surface area contributed by atoms with Gasteiger partial charge in [0.25, 0.3) is 0 Å². The third-order valence-corrected chi connectivity index (χ3v) is 4.43. The van der Waals surface area contributed by atoms with Crippen molar-refractivity contribution in [3.05, 3.63) is 28.2 Å². The second kappa shape index (κ2) is 7.80. The molecule has 116 valence electrons. The van der Waals surface area contributed by atoms with Crippen molar-refractivity contribution in [2.24, 2.45) is 5.92 Å². The molecule has 1 aliphatic heterocycles. The summed E-state index contributed by atoms with van der Waals surface area (Å²) in [6, 6.07) is 5.87. The fourth-order valence-corrected chi connectivity index (χ4v) is 3.12. The van der Waals surface area contributed by atoms with E-state index in [9.17, 15) is 4.79 Å². The first kappa shape index (κ1) is 16.3. The number of nitrogens with one attached hydrogen (secondary N) is 1. The zero-order chi connectivity index (χ0) is 15.2. The van der Waals surface area contributed by atoms with Gasteiger partial charge in [-0.25, -0.2) is 0 Å². The molecule has 0 aromatic heterocycles. The molecule has 1 fully saturated rings. The van der Waals surface area contributed by atoms with E-state index in [0.717, 1.165) is 35.3 Å². The van der Waals surface area contributed by atoms with Gasteiger partial charge in [0.05, 0.1) is 7.11 Å². The summed E-state index contributed by atoms with van der Waals surface area (Å²) in [5.41, 5.74) is 1.02. The predicted molar refractivity (Wildman–Crippen MR) is 87.4 cm³/mol. The Morgan fingerprint density at radius 2 is 2.33 bits per heavy atom. The van der Waals surface area contributed by atoms with E-state index in [1.54, 1.807) is 12.0 Å². The van der Waals surface area contributed by atoms with Crippen LogP contribution in [0.1, 0.15) is 24.8 Å². The predicted octanol–water partition coefficient (Wildman–Crippen LogP) is 2.81. The summed E-state index contributed by atoms with van der Waals surface area (Å²) in [4.78, 5) is 14.1.